The van der Waals surface area contributed by atoms with Crippen molar-refractivity contribution in [2.45, 2.75) is 20.3 Å². The lowest BCUT2D eigenvalue weighted by molar-refractivity contribution is 0.435. The topological polar surface area (TPSA) is 52.7 Å². The van der Waals surface area contributed by atoms with Gasteiger partial charge in [0, 0.05) is 39.4 Å². The fraction of sp³-hybridized carbons (Fsp3) is 0.571. The maximum Gasteiger partial charge on any atom is 0.279 e. The van der Waals surface area contributed by atoms with Crippen LogP contribution in [0.5, 0.6) is 0 Å². The molecule has 0 saturated carbocycles. The van der Waals surface area contributed by atoms with Crippen LogP contribution >= 0.6 is 0 Å². The Morgan fingerprint density at radius 2 is 1.60 bits per heavy atom. The summed E-state index contributed by atoms with van der Waals surface area (Å²) in [6.07, 6.45) is 0.689. The minimum absolute atomic E-state index is 0.417. The number of hydrogen-bond acceptors (Lipinski definition) is 3. The molecule has 1 N–H and O–H groups in total. The van der Waals surface area contributed by atoms with E-state index in [0.29, 0.717) is 26.1 Å². The average molecular weight is 299 g/mol. The van der Waals surface area contributed by atoms with Crippen LogP contribution in [-0.4, -0.2) is 46.5 Å². The molecule has 20 heavy (non-hydrogen) atoms. The van der Waals surface area contributed by atoms with Crippen LogP contribution in [0, 0.1) is 0 Å². The first kappa shape index (κ1) is 16.9. The molecular weight excluding hydrogens is 274 g/mol. The third-order valence-corrected chi connectivity index (χ3v) is 4.96. The molecule has 0 aliphatic heterocycles. The zero-order valence-electron chi connectivity index (χ0n) is 12.8. The monoisotopic (exact) mass is 299 g/mol. The summed E-state index contributed by atoms with van der Waals surface area (Å²) >= 11 is 0. The van der Waals surface area contributed by atoms with E-state index < -0.39 is 10.2 Å². The molecule has 0 aromatic heterocycles. The van der Waals surface area contributed by atoms with Crippen LogP contribution in [0.15, 0.2) is 24.3 Å². The second-order valence-electron chi connectivity index (χ2n) is 4.79. The van der Waals surface area contributed by atoms with Gasteiger partial charge in [0.15, 0.2) is 0 Å². The van der Waals surface area contributed by atoms with E-state index in [4.69, 9.17) is 0 Å². The van der Waals surface area contributed by atoms with Crippen LogP contribution < -0.4 is 9.62 Å². The molecule has 1 rings (SSSR count). The van der Waals surface area contributed by atoms with Crippen LogP contribution in [0.25, 0.3) is 0 Å². The Kier molecular flexibility index (Phi) is 6.45. The Bertz CT molecular complexity index is 494. The van der Waals surface area contributed by atoms with Crippen LogP contribution in [0.1, 0.15) is 19.4 Å². The normalized spacial score (nSPS) is 11.8. The van der Waals surface area contributed by atoms with Crippen molar-refractivity contribution in [2.24, 2.45) is 0 Å². The van der Waals surface area contributed by atoms with Crippen molar-refractivity contribution in [3.05, 3.63) is 29.8 Å². The van der Waals surface area contributed by atoms with Gasteiger partial charge in [-0.25, -0.2) is 4.72 Å². The number of anilines is 1. The molecule has 0 amide bonds. The highest BCUT2D eigenvalue weighted by molar-refractivity contribution is 7.87. The first-order valence-electron chi connectivity index (χ1n) is 6.91. The van der Waals surface area contributed by atoms with Gasteiger partial charge in [0.1, 0.15) is 0 Å². The molecule has 0 spiro atoms. The maximum absolute atomic E-state index is 11.9. The molecule has 0 unspecified atom stereocenters. The summed E-state index contributed by atoms with van der Waals surface area (Å²) in [5, 5.41) is 0. The molecule has 0 aliphatic carbocycles. The van der Waals surface area contributed by atoms with Gasteiger partial charge < -0.3 is 4.90 Å². The van der Waals surface area contributed by atoms with Crippen LogP contribution in [0.4, 0.5) is 5.69 Å². The van der Waals surface area contributed by atoms with Crippen molar-refractivity contribution < 1.29 is 8.42 Å². The van der Waals surface area contributed by atoms with Crippen molar-refractivity contribution >= 4 is 15.9 Å². The molecular formula is C14H25N3O2S. The summed E-state index contributed by atoms with van der Waals surface area (Å²) in [5.41, 5.74) is 2.26. The minimum Gasteiger partial charge on any atom is -0.378 e. The van der Waals surface area contributed by atoms with Gasteiger partial charge in [-0.2, -0.15) is 12.7 Å². The van der Waals surface area contributed by atoms with E-state index in [0.717, 1.165) is 11.3 Å². The Hall–Kier alpha value is -1.11. The van der Waals surface area contributed by atoms with Crippen molar-refractivity contribution in [1.82, 2.24) is 9.03 Å². The van der Waals surface area contributed by atoms with Gasteiger partial charge in [0.05, 0.1) is 0 Å². The molecule has 1 aromatic rings. The van der Waals surface area contributed by atoms with Gasteiger partial charge in [-0.1, -0.05) is 26.0 Å². The molecule has 114 valence electrons. The van der Waals surface area contributed by atoms with Gasteiger partial charge in [-0.05, 0) is 24.1 Å². The summed E-state index contributed by atoms with van der Waals surface area (Å²) < 4.78 is 27.9. The Labute approximate surface area is 122 Å². The number of nitrogens with zero attached hydrogens (tertiary/aromatic N) is 2. The molecule has 6 heteroatoms. The second kappa shape index (κ2) is 7.61. The minimum atomic E-state index is -3.34. The summed E-state index contributed by atoms with van der Waals surface area (Å²) in [4.78, 5) is 2.03. The summed E-state index contributed by atoms with van der Waals surface area (Å²) in [6.45, 7) is 5.07. The molecule has 0 radical (unpaired) electrons. The highest BCUT2D eigenvalue weighted by atomic mass is 32.2. The van der Waals surface area contributed by atoms with Gasteiger partial charge in [-0.15, -0.1) is 0 Å². The summed E-state index contributed by atoms with van der Waals surface area (Å²) in [6, 6.07) is 8.13. The first-order valence-corrected chi connectivity index (χ1v) is 8.35. The highest BCUT2D eigenvalue weighted by Crippen LogP contribution is 2.12. The van der Waals surface area contributed by atoms with Crippen LogP contribution in [0.2, 0.25) is 0 Å². The summed E-state index contributed by atoms with van der Waals surface area (Å²) in [5.74, 6) is 0. The fourth-order valence-corrected chi connectivity index (χ4v) is 3.16. The molecule has 1 aromatic carbocycles. The van der Waals surface area contributed by atoms with E-state index in [-0.39, 0.29) is 0 Å². The molecule has 0 fully saturated rings. The summed E-state index contributed by atoms with van der Waals surface area (Å²) in [7, 11) is 0.647. The van der Waals surface area contributed by atoms with Gasteiger partial charge in [0.2, 0.25) is 0 Å². The van der Waals surface area contributed by atoms with E-state index in [1.54, 1.807) is 0 Å². The number of rotatable bonds is 8. The van der Waals surface area contributed by atoms with E-state index >= 15 is 0 Å². The largest absolute Gasteiger partial charge is 0.378 e. The second-order valence-corrected chi connectivity index (χ2v) is 6.55. The van der Waals surface area contributed by atoms with Crippen molar-refractivity contribution in [3.8, 4) is 0 Å². The average Bonchev–Trinajstić information content (AvgIpc) is 2.40. The molecule has 0 bridgehead atoms. The zero-order chi connectivity index (χ0) is 15.2. The van der Waals surface area contributed by atoms with E-state index in [1.807, 2.05) is 57.1 Å². The first-order chi connectivity index (χ1) is 9.40. The SMILES string of the molecule is CCN(CC)S(=O)(=O)NCCc1ccc(N(C)C)cc1. The predicted octanol–water partition coefficient (Wildman–Crippen LogP) is 1.47. The molecule has 0 heterocycles. The highest BCUT2D eigenvalue weighted by Gasteiger charge is 2.17. The van der Waals surface area contributed by atoms with Crippen molar-refractivity contribution in [2.75, 3.05) is 38.6 Å². The predicted molar refractivity (Wildman–Crippen MR) is 84.3 cm³/mol. The quantitative estimate of drug-likeness (QED) is 0.791. The maximum atomic E-state index is 11.9. The van der Waals surface area contributed by atoms with E-state index in [2.05, 4.69) is 4.72 Å². The van der Waals surface area contributed by atoms with E-state index in [9.17, 15) is 8.42 Å². The zero-order valence-corrected chi connectivity index (χ0v) is 13.6. The van der Waals surface area contributed by atoms with Gasteiger partial charge >= 0.3 is 0 Å². The number of benzene rings is 1. The standard InChI is InChI=1S/C14H25N3O2S/c1-5-17(6-2)20(18,19)15-12-11-13-7-9-14(10-8-13)16(3)4/h7-10,15H,5-6,11-12H2,1-4H3. The molecule has 0 saturated heterocycles. The lowest BCUT2D eigenvalue weighted by Crippen LogP contribution is -2.41. The molecule has 0 atom stereocenters. The third-order valence-electron chi connectivity index (χ3n) is 3.20. The molecule has 0 aliphatic rings. The van der Waals surface area contributed by atoms with Crippen molar-refractivity contribution in [3.63, 3.8) is 0 Å². The smallest absolute Gasteiger partial charge is 0.279 e. The van der Waals surface area contributed by atoms with Gasteiger partial charge in [-0.3, -0.25) is 0 Å². The number of nitrogens with one attached hydrogen (secondary N) is 1. The molecule has 5 nitrogen and oxygen atoms in total. The Balaban J connectivity index is 2.52. The Morgan fingerprint density at radius 1 is 1.05 bits per heavy atom. The van der Waals surface area contributed by atoms with Gasteiger partial charge in [0.25, 0.3) is 10.2 Å². The number of hydrogen-bond donors (Lipinski definition) is 1. The lowest BCUT2D eigenvalue weighted by Gasteiger charge is -2.18. The Morgan fingerprint density at radius 3 is 2.05 bits per heavy atom. The van der Waals surface area contributed by atoms with E-state index in [1.165, 1.54) is 4.31 Å². The van der Waals surface area contributed by atoms with Crippen LogP contribution in [-0.2, 0) is 16.6 Å². The fourth-order valence-electron chi connectivity index (χ4n) is 1.94. The lowest BCUT2D eigenvalue weighted by atomic mass is 10.1. The van der Waals surface area contributed by atoms with Crippen LogP contribution in [0.3, 0.4) is 0 Å². The van der Waals surface area contributed by atoms with Crippen molar-refractivity contribution in [1.29, 1.82) is 0 Å². The third kappa shape index (κ3) is 4.77.